The number of carbonyl (C=O) groups excluding carboxylic acids is 2. The van der Waals surface area contributed by atoms with E-state index in [0.29, 0.717) is 5.69 Å². The van der Waals surface area contributed by atoms with Crippen molar-refractivity contribution in [2.45, 2.75) is 22.6 Å². The summed E-state index contributed by atoms with van der Waals surface area (Å²) in [6.45, 7) is 0. The van der Waals surface area contributed by atoms with Crippen molar-refractivity contribution in [1.29, 1.82) is 0 Å². The van der Waals surface area contributed by atoms with Crippen molar-refractivity contribution in [3.63, 3.8) is 0 Å². The molecule has 2 aliphatic heterocycles. The van der Waals surface area contributed by atoms with E-state index in [4.69, 9.17) is 12.2 Å². The molecular formula is C31H23FN2O2S3. The van der Waals surface area contributed by atoms with Crippen LogP contribution < -0.4 is 4.90 Å². The fourth-order valence-corrected chi connectivity index (χ4v) is 11.1. The van der Waals surface area contributed by atoms with Gasteiger partial charge in [-0.05, 0) is 77.3 Å². The van der Waals surface area contributed by atoms with Crippen molar-refractivity contribution in [2.75, 3.05) is 4.90 Å². The number of hydrogen-bond donors (Lipinski definition) is 1. The van der Waals surface area contributed by atoms with Gasteiger partial charge in [-0.2, -0.15) is 0 Å². The molecule has 2 saturated carbocycles. The number of thiazole rings is 1. The fraction of sp³-hybridized carbons (Fsp3) is 0.258. The molecule has 4 aliphatic rings. The van der Waals surface area contributed by atoms with E-state index >= 15 is 0 Å². The Balaban J connectivity index is 1.19. The highest BCUT2D eigenvalue weighted by atomic mass is 32.2. The Bertz CT molecular complexity index is 1680. The van der Waals surface area contributed by atoms with Crippen molar-refractivity contribution in [1.82, 2.24) is 4.98 Å². The lowest BCUT2D eigenvalue weighted by Gasteiger charge is -2.43. The number of aromatic nitrogens is 1. The standard InChI is InChI=1S/C31H23FN2O2S3/c32-18-10-12-19(13-11-18)34-29(35)24-20-14-21(25(24)30(34)36)26-23(20)22(27-28(38-26)33-31(37)39-27)17-8-6-16(7-9-17)15-4-2-1-3-5-15/h1-13,20-26H,14H2,(H,33,37). The van der Waals surface area contributed by atoms with Crippen molar-refractivity contribution in [3.05, 3.63) is 99.1 Å². The number of carbonyl (C=O) groups is 2. The van der Waals surface area contributed by atoms with Crippen LogP contribution in [0, 0.1) is 39.4 Å². The summed E-state index contributed by atoms with van der Waals surface area (Å²) in [4.78, 5) is 33.5. The monoisotopic (exact) mass is 570 g/mol. The van der Waals surface area contributed by atoms with Crippen molar-refractivity contribution < 1.29 is 14.0 Å². The molecule has 2 aliphatic carbocycles. The van der Waals surface area contributed by atoms with Crippen LogP contribution in [-0.4, -0.2) is 22.0 Å². The highest BCUT2D eigenvalue weighted by Gasteiger charge is 2.69. The lowest BCUT2D eigenvalue weighted by Crippen LogP contribution is -2.42. The van der Waals surface area contributed by atoms with E-state index in [1.165, 1.54) is 50.7 Å². The number of hydrogen-bond acceptors (Lipinski definition) is 5. The first-order valence-corrected chi connectivity index (χ1v) is 15.3. The number of imide groups is 1. The number of thioether (sulfide) groups is 1. The number of fused-ring (bicyclic) bond motifs is 9. The maximum Gasteiger partial charge on any atom is 0.238 e. The zero-order chi connectivity index (χ0) is 26.4. The second-order valence-electron chi connectivity index (χ2n) is 10.9. The Morgan fingerprint density at radius 1 is 0.846 bits per heavy atom. The van der Waals surface area contributed by atoms with Crippen LogP contribution in [0.1, 0.15) is 22.8 Å². The normalized spacial score (nSPS) is 30.4. The van der Waals surface area contributed by atoms with Crippen LogP contribution in [0.15, 0.2) is 83.9 Å². The third-order valence-corrected chi connectivity index (χ3v) is 12.1. The number of halogens is 1. The third-order valence-electron chi connectivity index (χ3n) is 9.19. The van der Waals surface area contributed by atoms with Crippen LogP contribution in [-0.2, 0) is 9.59 Å². The molecule has 4 aromatic rings. The van der Waals surface area contributed by atoms with Gasteiger partial charge in [0.25, 0.3) is 0 Å². The number of anilines is 1. The number of rotatable bonds is 3. The number of nitrogens with zero attached hydrogens (tertiary/aromatic N) is 1. The van der Waals surface area contributed by atoms with E-state index in [-0.39, 0.29) is 58.4 Å². The van der Waals surface area contributed by atoms with Gasteiger partial charge in [-0.1, -0.05) is 54.6 Å². The van der Waals surface area contributed by atoms with Gasteiger partial charge in [-0.3, -0.25) is 14.5 Å². The second-order valence-corrected chi connectivity index (χ2v) is 13.8. The number of H-pyrrole nitrogens is 1. The van der Waals surface area contributed by atoms with Gasteiger partial charge >= 0.3 is 0 Å². The average molecular weight is 571 g/mol. The molecule has 7 unspecified atom stereocenters. The molecule has 0 radical (unpaired) electrons. The summed E-state index contributed by atoms with van der Waals surface area (Å²) in [6.07, 6.45) is 0.890. The number of amides is 2. The fourth-order valence-electron chi connectivity index (χ4n) is 7.75. The molecule has 1 N–H and O–H groups in total. The molecule has 2 bridgehead atoms. The number of benzene rings is 3. The van der Waals surface area contributed by atoms with E-state index in [1.54, 1.807) is 11.3 Å². The number of nitrogens with one attached hydrogen (secondary N) is 1. The van der Waals surface area contributed by atoms with E-state index in [9.17, 15) is 14.0 Å². The molecule has 7 atom stereocenters. The Labute approximate surface area is 238 Å². The third kappa shape index (κ3) is 3.44. The quantitative estimate of drug-likeness (QED) is 0.208. The van der Waals surface area contributed by atoms with Crippen LogP contribution in [0.4, 0.5) is 10.1 Å². The first kappa shape index (κ1) is 23.8. The van der Waals surface area contributed by atoms with Crippen LogP contribution >= 0.6 is 35.3 Å². The average Bonchev–Trinajstić information content (AvgIpc) is 3.69. The lowest BCUT2D eigenvalue weighted by molar-refractivity contribution is -0.123. The summed E-state index contributed by atoms with van der Waals surface area (Å²) < 4.78 is 14.4. The summed E-state index contributed by atoms with van der Waals surface area (Å²) in [7, 11) is 0. The topological polar surface area (TPSA) is 53.2 Å². The van der Waals surface area contributed by atoms with Crippen LogP contribution in [0.25, 0.3) is 11.1 Å². The molecule has 3 heterocycles. The predicted molar refractivity (Wildman–Crippen MR) is 154 cm³/mol. The molecule has 4 nitrogen and oxygen atoms in total. The smallest absolute Gasteiger partial charge is 0.238 e. The van der Waals surface area contributed by atoms with E-state index in [0.717, 1.165) is 15.4 Å². The van der Waals surface area contributed by atoms with Gasteiger partial charge in [0.05, 0.1) is 22.5 Å². The Kier molecular flexibility index (Phi) is 5.32. The lowest BCUT2D eigenvalue weighted by atomic mass is 9.68. The molecule has 1 saturated heterocycles. The van der Waals surface area contributed by atoms with Crippen LogP contribution in [0.2, 0.25) is 0 Å². The number of aromatic amines is 1. The van der Waals surface area contributed by atoms with Gasteiger partial charge in [0.15, 0.2) is 3.95 Å². The maximum atomic E-state index is 13.8. The second kappa shape index (κ2) is 8.71. The minimum absolute atomic E-state index is 0.113. The molecule has 39 heavy (non-hydrogen) atoms. The van der Waals surface area contributed by atoms with E-state index < -0.39 is 0 Å². The molecule has 194 valence electrons. The van der Waals surface area contributed by atoms with Gasteiger partial charge in [-0.15, -0.1) is 23.1 Å². The molecule has 8 heteroatoms. The van der Waals surface area contributed by atoms with Gasteiger partial charge in [0.1, 0.15) is 5.82 Å². The highest BCUT2D eigenvalue weighted by Crippen LogP contribution is 2.69. The van der Waals surface area contributed by atoms with E-state index in [1.807, 2.05) is 30.0 Å². The van der Waals surface area contributed by atoms with E-state index in [2.05, 4.69) is 41.4 Å². The minimum atomic E-state index is -0.384. The molecule has 8 rings (SSSR count). The van der Waals surface area contributed by atoms with Crippen molar-refractivity contribution in [3.8, 4) is 11.1 Å². The zero-order valence-electron chi connectivity index (χ0n) is 20.6. The molecule has 3 fully saturated rings. The molecule has 1 aromatic heterocycles. The first-order chi connectivity index (χ1) is 19.0. The Hall–Kier alpha value is -3.07. The van der Waals surface area contributed by atoms with Crippen molar-refractivity contribution >= 4 is 52.8 Å². The molecule has 0 spiro atoms. The zero-order valence-corrected chi connectivity index (χ0v) is 23.1. The molecule has 2 amide bonds. The van der Waals surface area contributed by atoms with Crippen LogP contribution in [0.5, 0.6) is 0 Å². The highest BCUT2D eigenvalue weighted by molar-refractivity contribution is 8.00. The summed E-state index contributed by atoms with van der Waals surface area (Å²) >= 11 is 9.03. The van der Waals surface area contributed by atoms with Crippen LogP contribution in [0.3, 0.4) is 0 Å². The SMILES string of the molecule is O=C1C2C3CC(C2C(=O)N1c1ccc(F)cc1)C1C(c2ccc(-c4ccccc4)cc2)c2sc(=S)[nH]c2SC31. The predicted octanol–water partition coefficient (Wildman–Crippen LogP) is 7.29. The summed E-state index contributed by atoms with van der Waals surface area (Å²) in [5, 5.41) is 1.34. The van der Waals surface area contributed by atoms with Gasteiger partial charge < -0.3 is 4.98 Å². The largest absolute Gasteiger partial charge is 0.332 e. The molecule has 3 aromatic carbocycles. The summed E-state index contributed by atoms with van der Waals surface area (Å²) in [5.74, 6) is -0.686. The molecular weight excluding hydrogens is 548 g/mol. The summed E-state index contributed by atoms with van der Waals surface area (Å²) in [6, 6.07) is 24.8. The van der Waals surface area contributed by atoms with Gasteiger partial charge in [-0.25, -0.2) is 4.39 Å². The first-order valence-electron chi connectivity index (χ1n) is 13.2. The minimum Gasteiger partial charge on any atom is -0.332 e. The summed E-state index contributed by atoms with van der Waals surface area (Å²) in [5.41, 5.74) is 4.04. The van der Waals surface area contributed by atoms with Gasteiger partial charge in [0.2, 0.25) is 11.8 Å². The van der Waals surface area contributed by atoms with Crippen molar-refractivity contribution in [2.24, 2.45) is 29.6 Å². The Morgan fingerprint density at radius 3 is 2.23 bits per heavy atom. The maximum absolute atomic E-state index is 13.8. The Morgan fingerprint density at radius 2 is 1.51 bits per heavy atom. The van der Waals surface area contributed by atoms with Gasteiger partial charge in [0, 0.05) is 16.0 Å².